The van der Waals surface area contributed by atoms with Gasteiger partial charge in [-0.1, -0.05) is 0 Å². The van der Waals surface area contributed by atoms with Crippen LogP contribution in [0.25, 0.3) is 0 Å². The van der Waals surface area contributed by atoms with Gasteiger partial charge in [-0.2, -0.15) is 0 Å². The molecule has 0 N–H and O–H groups in total. The Balaban J connectivity index is 2.15. The summed E-state index contributed by atoms with van der Waals surface area (Å²) < 4.78 is 48.1. The first-order chi connectivity index (χ1) is 8.28. The average molecular weight is 266 g/mol. The van der Waals surface area contributed by atoms with E-state index >= 15 is 0 Å². The number of hydrogen-bond acceptors (Lipinski definition) is 4. The molecular weight excluding hydrogens is 246 g/mol. The minimum absolute atomic E-state index is 0.660. The Morgan fingerprint density at radius 3 is 1.33 bits per heavy atom. The zero-order valence-corrected chi connectivity index (χ0v) is 11.1. The van der Waals surface area contributed by atoms with E-state index in [9.17, 15) is 8.78 Å². The Morgan fingerprint density at radius 2 is 1.06 bits per heavy atom. The van der Waals surface area contributed by atoms with Gasteiger partial charge in [-0.05, 0) is 27.7 Å². The molecule has 0 amide bonds. The summed E-state index contributed by atoms with van der Waals surface area (Å²) in [6.07, 6.45) is -2.83. The molecule has 0 saturated carbocycles. The van der Waals surface area contributed by atoms with E-state index in [4.69, 9.17) is 18.9 Å². The standard InChI is InChI=1S/C12H20F2O4/c1-11(2)15-7(5-13)9(17-11)10-8(6-14)16-12(3,4)18-10/h7-10H,5-6H2,1-4H3/t7-,8+,9+,10-. The highest BCUT2D eigenvalue weighted by Crippen LogP contribution is 2.38. The Bertz CT molecular complexity index is 278. The van der Waals surface area contributed by atoms with Crippen molar-refractivity contribution >= 4 is 0 Å². The molecule has 2 heterocycles. The fraction of sp³-hybridized carbons (Fsp3) is 1.00. The predicted octanol–water partition coefficient (Wildman–Crippen LogP) is 1.97. The Morgan fingerprint density at radius 1 is 0.722 bits per heavy atom. The maximum atomic E-state index is 13.0. The molecule has 0 spiro atoms. The van der Waals surface area contributed by atoms with Gasteiger partial charge in [0.15, 0.2) is 11.6 Å². The van der Waals surface area contributed by atoms with Crippen molar-refractivity contribution in [2.24, 2.45) is 0 Å². The van der Waals surface area contributed by atoms with E-state index in [0.717, 1.165) is 0 Å². The van der Waals surface area contributed by atoms with Crippen LogP contribution in [-0.4, -0.2) is 49.3 Å². The van der Waals surface area contributed by atoms with Gasteiger partial charge in [0.2, 0.25) is 0 Å². The third kappa shape index (κ3) is 2.66. The molecule has 4 nitrogen and oxygen atoms in total. The van der Waals surface area contributed by atoms with Gasteiger partial charge in [0.1, 0.15) is 37.8 Å². The third-order valence-electron chi connectivity index (χ3n) is 3.07. The summed E-state index contributed by atoms with van der Waals surface area (Å²) in [5.41, 5.74) is 0. The van der Waals surface area contributed by atoms with E-state index in [0.29, 0.717) is 0 Å². The summed E-state index contributed by atoms with van der Waals surface area (Å²) in [6.45, 7) is 5.38. The van der Waals surface area contributed by atoms with Gasteiger partial charge in [-0.3, -0.25) is 0 Å². The normalized spacial score (nSPS) is 42.3. The van der Waals surface area contributed by atoms with Crippen LogP contribution in [0.5, 0.6) is 0 Å². The largest absolute Gasteiger partial charge is 0.342 e. The molecular formula is C12H20F2O4. The van der Waals surface area contributed by atoms with Crippen molar-refractivity contribution in [2.45, 2.75) is 63.7 Å². The highest BCUT2D eigenvalue weighted by Gasteiger charge is 2.53. The molecule has 2 saturated heterocycles. The first kappa shape index (κ1) is 14.1. The van der Waals surface area contributed by atoms with Crippen LogP contribution in [0, 0.1) is 0 Å². The van der Waals surface area contributed by atoms with Crippen molar-refractivity contribution in [3.8, 4) is 0 Å². The van der Waals surface area contributed by atoms with Crippen LogP contribution in [0.2, 0.25) is 0 Å². The molecule has 2 fully saturated rings. The van der Waals surface area contributed by atoms with Gasteiger partial charge in [0, 0.05) is 0 Å². The van der Waals surface area contributed by atoms with Crippen LogP contribution in [0.15, 0.2) is 0 Å². The molecule has 4 atom stereocenters. The monoisotopic (exact) mass is 266 g/mol. The molecule has 106 valence electrons. The second-order valence-electron chi connectivity index (χ2n) is 5.59. The number of rotatable bonds is 3. The molecule has 0 aliphatic carbocycles. The lowest BCUT2D eigenvalue weighted by Crippen LogP contribution is -2.43. The summed E-state index contributed by atoms with van der Waals surface area (Å²) in [6, 6.07) is 0. The van der Waals surface area contributed by atoms with Crippen LogP contribution in [0.1, 0.15) is 27.7 Å². The zero-order chi connectivity index (χ0) is 13.6. The van der Waals surface area contributed by atoms with Crippen molar-refractivity contribution in [2.75, 3.05) is 13.3 Å². The van der Waals surface area contributed by atoms with Crippen molar-refractivity contribution < 1.29 is 27.7 Å². The van der Waals surface area contributed by atoms with Gasteiger partial charge in [0.05, 0.1) is 0 Å². The molecule has 0 bridgehead atoms. The summed E-state index contributed by atoms with van der Waals surface area (Å²) in [7, 11) is 0. The third-order valence-corrected chi connectivity index (χ3v) is 3.07. The summed E-state index contributed by atoms with van der Waals surface area (Å²) in [5, 5.41) is 0. The molecule has 0 aromatic carbocycles. The SMILES string of the molecule is CC1(C)O[C@@H]([C@H]2OC(C)(C)O[C@@H]2CF)[C@H](CF)O1. The fourth-order valence-electron chi connectivity index (χ4n) is 2.52. The maximum absolute atomic E-state index is 13.0. The summed E-state index contributed by atoms with van der Waals surface area (Å²) in [4.78, 5) is 0. The second kappa shape index (κ2) is 4.67. The van der Waals surface area contributed by atoms with Crippen molar-refractivity contribution in [1.29, 1.82) is 0 Å². The lowest BCUT2D eigenvalue weighted by molar-refractivity contribution is -0.175. The molecule has 0 aromatic rings. The number of ether oxygens (including phenoxy) is 4. The van der Waals surface area contributed by atoms with Crippen LogP contribution in [0.4, 0.5) is 8.78 Å². The van der Waals surface area contributed by atoms with E-state index in [1.807, 2.05) is 0 Å². The van der Waals surface area contributed by atoms with E-state index in [-0.39, 0.29) is 0 Å². The molecule has 0 radical (unpaired) electrons. The van der Waals surface area contributed by atoms with Crippen LogP contribution < -0.4 is 0 Å². The molecule has 2 rings (SSSR count). The van der Waals surface area contributed by atoms with Crippen LogP contribution in [0.3, 0.4) is 0 Å². The van der Waals surface area contributed by atoms with E-state index in [1.54, 1.807) is 27.7 Å². The van der Waals surface area contributed by atoms with Crippen molar-refractivity contribution in [3.05, 3.63) is 0 Å². The first-order valence-corrected chi connectivity index (χ1v) is 6.11. The topological polar surface area (TPSA) is 36.9 Å². The van der Waals surface area contributed by atoms with Crippen molar-refractivity contribution in [1.82, 2.24) is 0 Å². The predicted molar refractivity (Wildman–Crippen MR) is 59.6 cm³/mol. The van der Waals surface area contributed by atoms with Gasteiger partial charge in [-0.25, -0.2) is 8.78 Å². The molecule has 0 aromatic heterocycles. The lowest BCUT2D eigenvalue weighted by atomic mass is 10.0. The van der Waals surface area contributed by atoms with E-state index in [1.165, 1.54) is 0 Å². The molecule has 0 unspecified atom stereocenters. The molecule has 2 aliphatic heterocycles. The average Bonchev–Trinajstić information content (AvgIpc) is 2.74. The molecule has 18 heavy (non-hydrogen) atoms. The highest BCUT2D eigenvalue weighted by atomic mass is 19.1. The quantitative estimate of drug-likeness (QED) is 0.782. The molecule has 2 aliphatic rings. The minimum Gasteiger partial charge on any atom is -0.342 e. The van der Waals surface area contributed by atoms with E-state index in [2.05, 4.69) is 0 Å². The Labute approximate surface area is 106 Å². The van der Waals surface area contributed by atoms with Crippen LogP contribution in [-0.2, 0) is 18.9 Å². The summed E-state index contributed by atoms with van der Waals surface area (Å²) in [5.74, 6) is -1.78. The highest BCUT2D eigenvalue weighted by molar-refractivity contribution is 4.94. The molecule has 6 heteroatoms. The van der Waals surface area contributed by atoms with Crippen molar-refractivity contribution in [3.63, 3.8) is 0 Å². The van der Waals surface area contributed by atoms with Gasteiger partial charge in [-0.15, -0.1) is 0 Å². The number of halogens is 2. The van der Waals surface area contributed by atoms with Gasteiger partial charge >= 0.3 is 0 Å². The number of hydrogen-bond donors (Lipinski definition) is 0. The Kier molecular flexibility index (Phi) is 3.66. The van der Waals surface area contributed by atoms with Crippen LogP contribution >= 0.6 is 0 Å². The lowest BCUT2D eigenvalue weighted by Gasteiger charge is -2.24. The van der Waals surface area contributed by atoms with Gasteiger partial charge in [0.25, 0.3) is 0 Å². The number of alkyl halides is 2. The Hall–Kier alpha value is -0.300. The summed E-state index contributed by atoms with van der Waals surface area (Å²) >= 11 is 0. The first-order valence-electron chi connectivity index (χ1n) is 6.11. The second-order valence-corrected chi connectivity index (χ2v) is 5.59. The van der Waals surface area contributed by atoms with Gasteiger partial charge < -0.3 is 18.9 Å². The minimum atomic E-state index is -0.890. The fourth-order valence-corrected chi connectivity index (χ4v) is 2.52. The zero-order valence-electron chi connectivity index (χ0n) is 11.1. The van der Waals surface area contributed by atoms with E-state index < -0.39 is 49.3 Å². The smallest absolute Gasteiger partial charge is 0.164 e. The maximum Gasteiger partial charge on any atom is 0.164 e.